The zero-order valence-electron chi connectivity index (χ0n) is 9.22. The predicted octanol–water partition coefficient (Wildman–Crippen LogP) is 1.86. The van der Waals surface area contributed by atoms with Crippen molar-refractivity contribution in [3.05, 3.63) is 12.2 Å². The SMILES string of the molecule is O=C1CCCC1OC(=O)C1CC2C=CC1C2. The molecule has 0 aromatic carbocycles. The van der Waals surface area contributed by atoms with Crippen molar-refractivity contribution in [3.8, 4) is 0 Å². The Morgan fingerprint density at radius 2 is 2.19 bits per heavy atom. The molecule has 0 saturated heterocycles. The molecular formula is C13H16O3. The fraction of sp³-hybridized carbons (Fsp3) is 0.692. The summed E-state index contributed by atoms with van der Waals surface area (Å²) in [4.78, 5) is 23.3. The van der Waals surface area contributed by atoms with Crippen molar-refractivity contribution >= 4 is 11.8 Å². The molecule has 0 spiro atoms. The smallest absolute Gasteiger partial charge is 0.310 e. The average Bonchev–Trinajstić information content (AvgIpc) is 2.95. The van der Waals surface area contributed by atoms with Crippen LogP contribution in [-0.4, -0.2) is 17.9 Å². The van der Waals surface area contributed by atoms with E-state index in [-0.39, 0.29) is 17.7 Å². The van der Waals surface area contributed by atoms with Crippen molar-refractivity contribution in [2.24, 2.45) is 17.8 Å². The number of ether oxygens (including phenoxy) is 1. The van der Waals surface area contributed by atoms with Crippen LogP contribution in [0.3, 0.4) is 0 Å². The number of carbonyl (C=O) groups is 2. The van der Waals surface area contributed by atoms with Gasteiger partial charge in [0.2, 0.25) is 0 Å². The summed E-state index contributed by atoms with van der Waals surface area (Å²) in [6, 6.07) is 0. The third-order valence-electron chi connectivity index (χ3n) is 4.09. The zero-order chi connectivity index (χ0) is 11.1. The molecule has 0 aromatic rings. The van der Waals surface area contributed by atoms with Crippen molar-refractivity contribution < 1.29 is 14.3 Å². The van der Waals surface area contributed by atoms with Crippen molar-refractivity contribution in [1.29, 1.82) is 0 Å². The Labute approximate surface area is 94.8 Å². The monoisotopic (exact) mass is 220 g/mol. The van der Waals surface area contributed by atoms with Gasteiger partial charge in [-0.25, -0.2) is 0 Å². The molecule has 0 aromatic heterocycles. The van der Waals surface area contributed by atoms with Crippen LogP contribution in [0, 0.1) is 17.8 Å². The topological polar surface area (TPSA) is 43.4 Å². The summed E-state index contributed by atoms with van der Waals surface area (Å²) in [6.45, 7) is 0. The Hall–Kier alpha value is -1.12. The van der Waals surface area contributed by atoms with Gasteiger partial charge in [0, 0.05) is 6.42 Å². The van der Waals surface area contributed by atoms with E-state index >= 15 is 0 Å². The van der Waals surface area contributed by atoms with E-state index in [4.69, 9.17) is 4.74 Å². The molecule has 0 radical (unpaired) electrons. The minimum atomic E-state index is -0.435. The molecule has 86 valence electrons. The van der Waals surface area contributed by atoms with Gasteiger partial charge in [-0.05, 0) is 37.5 Å². The molecule has 3 aliphatic carbocycles. The molecule has 0 amide bonds. The molecule has 2 bridgehead atoms. The Morgan fingerprint density at radius 1 is 1.31 bits per heavy atom. The summed E-state index contributed by atoms with van der Waals surface area (Å²) in [5.74, 6) is 0.920. The molecular weight excluding hydrogens is 204 g/mol. The molecule has 3 aliphatic rings. The number of ketones is 1. The fourth-order valence-electron chi connectivity index (χ4n) is 3.19. The largest absolute Gasteiger partial charge is 0.454 e. The van der Waals surface area contributed by atoms with Crippen molar-refractivity contribution in [3.63, 3.8) is 0 Å². The number of hydrogen-bond acceptors (Lipinski definition) is 3. The first-order valence-electron chi connectivity index (χ1n) is 6.15. The highest BCUT2D eigenvalue weighted by atomic mass is 16.5. The van der Waals surface area contributed by atoms with Crippen LogP contribution in [0.4, 0.5) is 0 Å². The van der Waals surface area contributed by atoms with E-state index in [1.165, 1.54) is 0 Å². The van der Waals surface area contributed by atoms with Crippen molar-refractivity contribution in [2.75, 3.05) is 0 Å². The lowest BCUT2D eigenvalue weighted by Crippen LogP contribution is -2.28. The number of hydrogen-bond donors (Lipinski definition) is 0. The van der Waals surface area contributed by atoms with Gasteiger partial charge in [0.1, 0.15) is 0 Å². The third-order valence-corrected chi connectivity index (χ3v) is 4.09. The number of allylic oxidation sites excluding steroid dienone is 2. The molecule has 3 nitrogen and oxygen atoms in total. The van der Waals surface area contributed by atoms with Crippen LogP contribution >= 0.6 is 0 Å². The van der Waals surface area contributed by atoms with E-state index in [1.807, 2.05) is 0 Å². The molecule has 2 fully saturated rings. The number of fused-ring (bicyclic) bond motifs is 2. The quantitative estimate of drug-likeness (QED) is 0.527. The van der Waals surface area contributed by atoms with Gasteiger partial charge in [-0.2, -0.15) is 0 Å². The van der Waals surface area contributed by atoms with Gasteiger partial charge >= 0.3 is 5.97 Å². The summed E-state index contributed by atoms with van der Waals surface area (Å²) in [5.41, 5.74) is 0. The summed E-state index contributed by atoms with van der Waals surface area (Å²) in [5, 5.41) is 0. The Morgan fingerprint density at radius 3 is 2.75 bits per heavy atom. The summed E-state index contributed by atoms with van der Waals surface area (Å²) < 4.78 is 5.34. The normalized spacial score (nSPS) is 40.6. The molecule has 0 aliphatic heterocycles. The van der Waals surface area contributed by atoms with Gasteiger partial charge in [0.15, 0.2) is 11.9 Å². The highest BCUT2D eigenvalue weighted by molar-refractivity contribution is 5.87. The van der Waals surface area contributed by atoms with Crippen LogP contribution in [0.2, 0.25) is 0 Å². The fourth-order valence-corrected chi connectivity index (χ4v) is 3.19. The predicted molar refractivity (Wildman–Crippen MR) is 57.6 cm³/mol. The lowest BCUT2D eigenvalue weighted by Gasteiger charge is -2.19. The van der Waals surface area contributed by atoms with Crippen LogP contribution in [0.25, 0.3) is 0 Å². The lowest BCUT2D eigenvalue weighted by atomic mass is 9.94. The molecule has 3 heteroatoms. The van der Waals surface area contributed by atoms with Crippen LogP contribution < -0.4 is 0 Å². The minimum Gasteiger partial charge on any atom is -0.454 e. The summed E-state index contributed by atoms with van der Waals surface area (Å²) >= 11 is 0. The highest BCUT2D eigenvalue weighted by Gasteiger charge is 2.42. The van der Waals surface area contributed by atoms with E-state index in [9.17, 15) is 9.59 Å². The second-order valence-electron chi connectivity index (χ2n) is 5.17. The zero-order valence-corrected chi connectivity index (χ0v) is 9.22. The first-order chi connectivity index (χ1) is 7.74. The van der Waals surface area contributed by atoms with E-state index in [2.05, 4.69) is 12.2 Å². The Balaban J connectivity index is 1.61. The molecule has 3 rings (SSSR count). The molecule has 2 saturated carbocycles. The molecule has 16 heavy (non-hydrogen) atoms. The molecule has 4 atom stereocenters. The lowest BCUT2D eigenvalue weighted by molar-refractivity contribution is -0.158. The summed E-state index contributed by atoms with van der Waals surface area (Å²) in [6.07, 6.45) is 8.09. The van der Waals surface area contributed by atoms with Crippen LogP contribution in [-0.2, 0) is 14.3 Å². The molecule has 0 heterocycles. The average molecular weight is 220 g/mol. The standard InChI is InChI=1S/C13H16O3/c14-11-2-1-3-12(11)16-13(15)10-7-8-4-5-9(10)6-8/h4-5,8-10,12H,1-3,6-7H2. The first kappa shape index (κ1) is 10.1. The van der Waals surface area contributed by atoms with Gasteiger partial charge in [0.25, 0.3) is 0 Å². The van der Waals surface area contributed by atoms with Crippen LogP contribution in [0.15, 0.2) is 12.2 Å². The van der Waals surface area contributed by atoms with Gasteiger partial charge in [-0.3, -0.25) is 9.59 Å². The Kier molecular flexibility index (Phi) is 2.34. The van der Waals surface area contributed by atoms with Gasteiger partial charge < -0.3 is 4.74 Å². The van der Waals surface area contributed by atoms with Crippen molar-refractivity contribution in [1.82, 2.24) is 0 Å². The van der Waals surface area contributed by atoms with Crippen molar-refractivity contribution in [2.45, 2.75) is 38.2 Å². The maximum atomic E-state index is 11.9. The van der Waals surface area contributed by atoms with Gasteiger partial charge in [-0.1, -0.05) is 12.2 Å². The first-order valence-corrected chi connectivity index (χ1v) is 6.15. The number of carbonyl (C=O) groups excluding carboxylic acids is 2. The van der Waals surface area contributed by atoms with E-state index in [0.717, 1.165) is 25.7 Å². The molecule has 4 unspecified atom stereocenters. The summed E-state index contributed by atoms with van der Waals surface area (Å²) in [7, 11) is 0. The Bertz CT molecular complexity index is 358. The van der Waals surface area contributed by atoms with Crippen LogP contribution in [0.5, 0.6) is 0 Å². The molecule has 0 N–H and O–H groups in total. The second kappa shape index (κ2) is 3.72. The third kappa shape index (κ3) is 1.58. The number of rotatable bonds is 2. The van der Waals surface area contributed by atoms with E-state index < -0.39 is 6.10 Å². The van der Waals surface area contributed by atoms with Gasteiger partial charge in [0.05, 0.1) is 5.92 Å². The maximum Gasteiger partial charge on any atom is 0.310 e. The second-order valence-corrected chi connectivity index (χ2v) is 5.17. The number of Topliss-reactive ketones (excluding diaryl/α,β-unsaturated/α-hetero) is 1. The minimum absolute atomic E-state index is 0.0170. The van der Waals surface area contributed by atoms with Gasteiger partial charge in [-0.15, -0.1) is 0 Å². The van der Waals surface area contributed by atoms with E-state index in [0.29, 0.717) is 18.3 Å². The number of esters is 1. The van der Waals surface area contributed by atoms with E-state index in [1.54, 1.807) is 0 Å². The maximum absolute atomic E-state index is 11.9. The van der Waals surface area contributed by atoms with Crippen LogP contribution in [0.1, 0.15) is 32.1 Å². The highest BCUT2D eigenvalue weighted by Crippen LogP contribution is 2.44.